The van der Waals surface area contributed by atoms with E-state index in [1.165, 1.54) is 18.9 Å². The number of aryl methyl sites for hydroxylation is 1. The van der Waals surface area contributed by atoms with Gasteiger partial charge in [0.1, 0.15) is 0 Å². The average molecular weight is 290 g/mol. The summed E-state index contributed by atoms with van der Waals surface area (Å²) >= 11 is 0. The van der Waals surface area contributed by atoms with E-state index in [4.69, 9.17) is 5.11 Å². The molecule has 0 aliphatic heterocycles. The molecule has 1 aromatic rings. The molecule has 5 heteroatoms. The molecule has 1 saturated carbocycles. The summed E-state index contributed by atoms with van der Waals surface area (Å²) in [5.41, 5.74) is 1.49. The molecule has 3 N–H and O–H groups in total. The summed E-state index contributed by atoms with van der Waals surface area (Å²) < 4.78 is 0. The summed E-state index contributed by atoms with van der Waals surface area (Å²) in [7, 11) is 0. The Morgan fingerprint density at radius 2 is 2.10 bits per heavy atom. The van der Waals surface area contributed by atoms with Crippen LogP contribution in [0.2, 0.25) is 0 Å². The van der Waals surface area contributed by atoms with Crippen molar-refractivity contribution < 1.29 is 14.7 Å². The number of carbonyl (C=O) groups excluding carboxylic acids is 1. The third kappa shape index (κ3) is 4.48. The Morgan fingerprint density at radius 3 is 2.62 bits per heavy atom. The SMILES string of the molecule is CCC(CC1CC1)NC(=O)Nc1ccc(C(=O)O)c(C)c1. The molecule has 1 aliphatic carbocycles. The van der Waals surface area contributed by atoms with Gasteiger partial charge >= 0.3 is 12.0 Å². The van der Waals surface area contributed by atoms with Gasteiger partial charge < -0.3 is 15.7 Å². The van der Waals surface area contributed by atoms with Gasteiger partial charge in [0.05, 0.1) is 5.56 Å². The van der Waals surface area contributed by atoms with Crippen LogP contribution in [0.25, 0.3) is 0 Å². The third-order valence-corrected chi connectivity index (χ3v) is 3.86. The molecule has 0 radical (unpaired) electrons. The van der Waals surface area contributed by atoms with Crippen molar-refractivity contribution >= 4 is 17.7 Å². The van der Waals surface area contributed by atoms with Crippen molar-refractivity contribution in [2.45, 2.75) is 45.6 Å². The Hall–Kier alpha value is -2.04. The molecule has 0 saturated heterocycles. The largest absolute Gasteiger partial charge is 0.478 e. The van der Waals surface area contributed by atoms with Crippen LogP contribution in [0.4, 0.5) is 10.5 Å². The van der Waals surface area contributed by atoms with Gasteiger partial charge in [-0.05, 0) is 49.4 Å². The average Bonchev–Trinajstić information content (AvgIpc) is 3.21. The fraction of sp³-hybridized carbons (Fsp3) is 0.500. The fourth-order valence-corrected chi connectivity index (χ4v) is 2.42. The van der Waals surface area contributed by atoms with Gasteiger partial charge in [0, 0.05) is 11.7 Å². The summed E-state index contributed by atoms with van der Waals surface area (Å²) in [6.45, 7) is 3.79. The predicted octanol–water partition coefficient (Wildman–Crippen LogP) is 3.39. The van der Waals surface area contributed by atoms with Gasteiger partial charge in [-0.25, -0.2) is 9.59 Å². The van der Waals surface area contributed by atoms with Gasteiger partial charge in [0.15, 0.2) is 0 Å². The summed E-state index contributed by atoms with van der Waals surface area (Å²) in [6, 6.07) is 4.76. The standard InChI is InChI=1S/C16H22N2O3/c1-3-12(9-11-4-5-11)17-16(21)18-13-6-7-14(15(19)20)10(2)8-13/h6-8,11-12H,3-5,9H2,1-2H3,(H,19,20)(H2,17,18,21). The molecule has 114 valence electrons. The Kier molecular flexibility index (Phi) is 4.83. The van der Waals surface area contributed by atoms with Gasteiger partial charge in [-0.2, -0.15) is 0 Å². The van der Waals surface area contributed by atoms with E-state index in [9.17, 15) is 9.59 Å². The Labute approximate surface area is 124 Å². The number of carboxylic acids is 1. The Bertz CT molecular complexity index is 538. The topological polar surface area (TPSA) is 78.4 Å². The molecule has 1 atom stereocenters. The summed E-state index contributed by atoms with van der Waals surface area (Å²) in [5.74, 6) is -0.189. The number of rotatable bonds is 6. The molecule has 0 aromatic heterocycles. The first-order chi connectivity index (χ1) is 9.99. The smallest absolute Gasteiger partial charge is 0.335 e. The first-order valence-corrected chi connectivity index (χ1v) is 7.41. The summed E-state index contributed by atoms with van der Waals surface area (Å²) in [5, 5.41) is 14.7. The molecule has 2 amide bonds. The molecule has 0 spiro atoms. The number of aromatic carboxylic acids is 1. The number of carbonyl (C=O) groups is 2. The zero-order valence-corrected chi connectivity index (χ0v) is 12.5. The molecule has 0 heterocycles. The second-order valence-corrected chi connectivity index (χ2v) is 5.72. The van der Waals surface area contributed by atoms with Crippen LogP contribution in [0.1, 0.15) is 48.5 Å². The van der Waals surface area contributed by atoms with Crippen LogP contribution in [-0.2, 0) is 0 Å². The van der Waals surface area contributed by atoms with Crippen LogP contribution in [0.15, 0.2) is 18.2 Å². The zero-order valence-electron chi connectivity index (χ0n) is 12.5. The van der Waals surface area contributed by atoms with Gasteiger partial charge in [-0.15, -0.1) is 0 Å². The zero-order chi connectivity index (χ0) is 15.4. The van der Waals surface area contributed by atoms with Crippen LogP contribution >= 0.6 is 0 Å². The van der Waals surface area contributed by atoms with Crippen molar-refractivity contribution in [2.75, 3.05) is 5.32 Å². The van der Waals surface area contributed by atoms with E-state index in [0.29, 0.717) is 11.3 Å². The van der Waals surface area contributed by atoms with Crippen molar-refractivity contribution in [3.05, 3.63) is 29.3 Å². The van der Waals surface area contributed by atoms with Gasteiger partial charge in [-0.3, -0.25) is 0 Å². The van der Waals surface area contributed by atoms with E-state index in [0.717, 1.165) is 18.8 Å². The normalized spacial score (nSPS) is 15.3. The highest BCUT2D eigenvalue weighted by molar-refractivity contribution is 5.92. The number of carboxylic acid groups (broad SMARTS) is 1. The number of hydrogen-bond acceptors (Lipinski definition) is 2. The molecule has 1 unspecified atom stereocenters. The van der Waals surface area contributed by atoms with Crippen molar-refractivity contribution in [1.29, 1.82) is 0 Å². The van der Waals surface area contributed by atoms with E-state index in [1.807, 2.05) is 0 Å². The lowest BCUT2D eigenvalue weighted by atomic mass is 10.1. The molecule has 1 fully saturated rings. The van der Waals surface area contributed by atoms with Gasteiger partial charge in [-0.1, -0.05) is 19.8 Å². The minimum Gasteiger partial charge on any atom is -0.478 e. The Morgan fingerprint density at radius 1 is 1.38 bits per heavy atom. The molecule has 21 heavy (non-hydrogen) atoms. The van der Waals surface area contributed by atoms with Gasteiger partial charge in [0.25, 0.3) is 0 Å². The number of benzene rings is 1. The van der Waals surface area contributed by atoms with Crippen molar-refractivity contribution in [3.8, 4) is 0 Å². The Balaban J connectivity index is 1.92. The van der Waals surface area contributed by atoms with Crippen molar-refractivity contribution in [3.63, 3.8) is 0 Å². The lowest BCUT2D eigenvalue weighted by Gasteiger charge is -2.17. The minimum absolute atomic E-state index is 0.205. The van der Waals surface area contributed by atoms with Crippen LogP contribution in [0.5, 0.6) is 0 Å². The van der Waals surface area contributed by atoms with Crippen LogP contribution in [0.3, 0.4) is 0 Å². The lowest BCUT2D eigenvalue weighted by Crippen LogP contribution is -2.37. The highest BCUT2D eigenvalue weighted by Crippen LogP contribution is 2.34. The second kappa shape index (κ2) is 6.61. The molecule has 1 aliphatic rings. The first-order valence-electron chi connectivity index (χ1n) is 7.41. The maximum Gasteiger partial charge on any atom is 0.335 e. The first kappa shape index (κ1) is 15.4. The number of anilines is 1. The molecule has 1 aromatic carbocycles. The predicted molar refractivity (Wildman–Crippen MR) is 81.7 cm³/mol. The molecular formula is C16H22N2O3. The van der Waals surface area contributed by atoms with E-state index in [1.54, 1.807) is 19.1 Å². The molecule has 2 rings (SSSR count). The van der Waals surface area contributed by atoms with Crippen LogP contribution in [0, 0.1) is 12.8 Å². The molecule has 5 nitrogen and oxygen atoms in total. The van der Waals surface area contributed by atoms with E-state index in [-0.39, 0.29) is 17.6 Å². The minimum atomic E-state index is -0.959. The van der Waals surface area contributed by atoms with Crippen molar-refractivity contribution in [2.24, 2.45) is 5.92 Å². The van der Waals surface area contributed by atoms with Crippen LogP contribution in [-0.4, -0.2) is 23.1 Å². The summed E-state index contributed by atoms with van der Waals surface area (Å²) in [4.78, 5) is 22.9. The van der Waals surface area contributed by atoms with Crippen molar-refractivity contribution in [1.82, 2.24) is 5.32 Å². The monoisotopic (exact) mass is 290 g/mol. The number of hydrogen-bond donors (Lipinski definition) is 3. The molecular weight excluding hydrogens is 268 g/mol. The van der Waals surface area contributed by atoms with E-state index in [2.05, 4.69) is 17.6 Å². The number of amides is 2. The van der Waals surface area contributed by atoms with Crippen LogP contribution < -0.4 is 10.6 Å². The maximum atomic E-state index is 12.0. The number of urea groups is 1. The maximum absolute atomic E-state index is 12.0. The summed E-state index contributed by atoms with van der Waals surface area (Å²) in [6.07, 6.45) is 4.51. The lowest BCUT2D eigenvalue weighted by molar-refractivity contribution is 0.0696. The van der Waals surface area contributed by atoms with E-state index < -0.39 is 5.97 Å². The van der Waals surface area contributed by atoms with E-state index >= 15 is 0 Å². The fourth-order valence-electron chi connectivity index (χ4n) is 2.42. The third-order valence-electron chi connectivity index (χ3n) is 3.86. The quantitative estimate of drug-likeness (QED) is 0.751. The highest BCUT2D eigenvalue weighted by Gasteiger charge is 2.25. The second-order valence-electron chi connectivity index (χ2n) is 5.72. The highest BCUT2D eigenvalue weighted by atomic mass is 16.4. The van der Waals surface area contributed by atoms with Gasteiger partial charge in [0.2, 0.25) is 0 Å². The number of nitrogens with one attached hydrogen (secondary N) is 2. The molecule has 0 bridgehead atoms.